The molecule has 1 aromatic carbocycles. The highest BCUT2D eigenvalue weighted by Crippen LogP contribution is 2.23. The third-order valence-electron chi connectivity index (χ3n) is 3.71. The molecule has 0 atom stereocenters. The molecule has 4 rings (SSSR count). The van der Waals surface area contributed by atoms with Crippen molar-refractivity contribution >= 4 is 23.1 Å². The van der Waals surface area contributed by atoms with Crippen molar-refractivity contribution in [3.05, 3.63) is 53.5 Å². The van der Waals surface area contributed by atoms with Crippen molar-refractivity contribution in [2.24, 2.45) is 0 Å². The van der Waals surface area contributed by atoms with Crippen LogP contribution in [0, 0.1) is 6.92 Å². The Hall–Kier alpha value is -2.93. The lowest BCUT2D eigenvalue weighted by molar-refractivity contribution is 0.765. The average molecular weight is 307 g/mol. The van der Waals surface area contributed by atoms with E-state index in [4.69, 9.17) is 0 Å². The average Bonchev–Trinajstić information content (AvgIpc) is 3.16. The summed E-state index contributed by atoms with van der Waals surface area (Å²) in [5, 5.41) is 16.8. The van der Waals surface area contributed by atoms with Crippen LogP contribution in [0.2, 0.25) is 0 Å². The Kier molecular flexibility index (Phi) is 3.39. The minimum absolute atomic E-state index is 0.643. The lowest BCUT2D eigenvalue weighted by Gasteiger charge is -2.08. The number of aryl methyl sites for hydroxylation is 1. The van der Waals surface area contributed by atoms with Crippen molar-refractivity contribution < 1.29 is 0 Å². The van der Waals surface area contributed by atoms with Gasteiger partial charge in [-0.15, -0.1) is 0 Å². The third-order valence-corrected chi connectivity index (χ3v) is 3.71. The number of hydrogen-bond acceptors (Lipinski definition) is 6. The van der Waals surface area contributed by atoms with Crippen LogP contribution < -0.4 is 16.0 Å². The second-order valence-corrected chi connectivity index (χ2v) is 5.56. The molecule has 0 saturated carbocycles. The first kappa shape index (κ1) is 13.7. The van der Waals surface area contributed by atoms with Gasteiger partial charge in [0.15, 0.2) is 17.5 Å². The van der Waals surface area contributed by atoms with Gasteiger partial charge in [-0.3, -0.25) is 10.1 Å². The summed E-state index contributed by atoms with van der Waals surface area (Å²) in [6, 6.07) is 8.26. The highest BCUT2D eigenvalue weighted by atomic mass is 15.2. The van der Waals surface area contributed by atoms with Gasteiger partial charge in [0.2, 0.25) is 0 Å². The summed E-state index contributed by atoms with van der Waals surface area (Å²) < 4.78 is 0. The van der Waals surface area contributed by atoms with Crippen LogP contribution in [-0.4, -0.2) is 20.2 Å². The number of benzene rings is 1. The first-order valence-electron chi connectivity index (χ1n) is 7.47. The fraction of sp³-hybridized carbons (Fsp3) is 0.188. The number of aromatic nitrogens is 4. The number of aromatic amines is 1. The SMILES string of the molecule is Cc1cc(Nc2cncc(Nc3ccc4c(c3)CNC4)n2)n[nH]1. The van der Waals surface area contributed by atoms with Gasteiger partial charge >= 0.3 is 0 Å². The van der Waals surface area contributed by atoms with E-state index in [1.807, 2.05) is 13.0 Å². The molecule has 0 unspecified atom stereocenters. The lowest BCUT2D eigenvalue weighted by atomic mass is 10.1. The van der Waals surface area contributed by atoms with Gasteiger partial charge in [-0.05, 0) is 30.2 Å². The molecular formula is C16H17N7. The molecule has 4 N–H and O–H groups in total. The smallest absolute Gasteiger partial charge is 0.153 e. The molecule has 23 heavy (non-hydrogen) atoms. The third kappa shape index (κ3) is 3.00. The molecule has 7 heteroatoms. The van der Waals surface area contributed by atoms with E-state index in [9.17, 15) is 0 Å². The van der Waals surface area contributed by atoms with Crippen LogP contribution in [0.1, 0.15) is 16.8 Å². The fourth-order valence-electron chi connectivity index (χ4n) is 2.62. The molecule has 0 bridgehead atoms. The standard InChI is InChI=1S/C16H17N7/c1-10-4-14(23-22-10)20-16-9-18-8-15(21-16)19-13-3-2-11-6-17-7-12(11)5-13/h2-5,8-9,17H,6-7H2,1H3,(H3,19,20,21,22,23). The van der Waals surface area contributed by atoms with Crippen molar-refractivity contribution in [1.82, 2.24) is 25.5 Å². The van der Waals surface area contributed by atoms with Gasteiger partial charge < -0.3 is 16.0 Å². The van der Waals surface area contributed by atoms with E-state index in [2.05, 4.69) is 54.3 Å². The molecule has 7 nitrogen and oxygen atoms in total. The first-order valence-corrected chi connectivity index (χ1v) is 7.47. The monoisotopic (exact) mass is 307 g/mol. The summed E-state index contributed by atoms with van der Waals surface area (Å²) in [6.45, 7) is 3.80. The minimum atomic E-state index is 0.643. The molecule has 0 fully saturated rings. The molecule has 1 aliphatic rings. The Morgan fingerprint density at radius 2 is 1.78 bits per heavy atom. The van der Waals surface area contributed by atoms with Gasteiger partial charge in [0, 0.05) is 30.5 Å². The second kappa shape index (κ2) is 5.69. The normalized spacial score (nSPS) is 12.9. The number of anilines is 4. The van der Waals surface area contributed by atoms with E-state index in [0.29, 0.717) is 11.6 Å². The van der Waals surface area contributed by atoms with E-state index in [1.54, 1.807) is 12.4 Å². The summed E-state index contributed by atoms with van der Waals surface area (Å²) in [6.07, 6.45) is 3.37. The Balaban J connectivity index is 1.52. The molecular weight excluding hydrogens is 290 g/mol. The molecule has 0 aliphatic carbocycles. The van der Waals surface area contributed by atoms with E-state index in [1.165, 1.54) is 11.1 Å². The van der Waals surface area contributed by atoms with Gasteiger partial charge in [0.05, 0.1) is 12.4 Å². The Labute approximate surface area is 133 Å². The number of H-pyrrole nitrogens is 1. The quantitative estimate of drug-likeness (QED) is 0.592. The fourth-order valence-corrected chi connectivity index (χ4v) is 2.62. The van der Waals surface area contributed by atoms with Crippen LogP contribution >= 0.6 is 0 Å². The van der Waals surface area contributed by atoms with Crippen LogP contribution in [-0.2, 0) is 13.1 Å². The maximum absolute atomic E-state index is 4.51. The van der Waals surface area contributed by atoms with Crippen molar-refractivity contribution in [3.63, 3.8) is 0 Å². The molecule has 2 aromatic heterocycles. The number of rotatable bonds is 4. The predicted molar refractivity (Wildman–Crippen MR) is 88.9 cm³/mol. The van der Waals surface area contributed by atoms with Gasteiger partial charge in [0.1, 0.15) is 0 Å². The number of nitrogens with one attached hydrogen (secondary N) is 4. The molecule has 0 spiro atoms. The maximum Gasteiger partial charge on any atom is 0.153 e. The van der Waals surface area contributed by atoms with Crippen molar-refractivity contribution in [1.29, 1.82) is 0 Å². The lowest BCUT2D eigenvalue weighted by Crippen LogP contribution is -2.00. The van der Waals surface area contributed by atoms with Crippen LogP contribution in [0.5, 0.6) is 0 Å². The van der Waals surface area contributed by atoms with E-state index in [0.717, 1.165) is 30.3 Å². The highest BCUT2D eigenvalue weighted by molar-refractivity contribution is 5.60. The first-order chi connectivity index (χ1) is 11.3. The molecule has 3 aromatic rings. The topological polar surface area (TPSA) is 90.6 Å². The molecule has 3 heterocycles. The summed E-state index contributed by atoms with van der Waals surface area (Å²) in [5.74, 6) is 2.05. The van der Waals surface area contributed by atoms with Gasteiger partial charge in [-0.1, -0.05) is 6.07 Å². The summed E-state index contributed by atoms with van der Waals surface area (Å²) in [7, 11) is 0. The zero-order valence-corrected chi connectivity index (χ0v) is 12.7. The number of hydrogen-bond donors (Lipinski definition) is 4. The van der Waals surface area contributed by atoms with E-state index >= 15 is 0 Å². The Morgan fingerprint density at radius 3 is 2.61 bits per heavy atom. The van der Waals surface area contributed by atoms with Gasteiger partial charge in [-0.25, -0.2) is 4.98 Å². The molecule has 0 amide bonds. The highest BCUT2D eigenvalue weighted by Gasteiger charge is 2.10. The van der Waals surface area contributed by atoms with Crippen molar-refractivity contribution in [2.45, 2.75) is 20.0 Å². The van der Waals surface area contributed by atoms with Crippen LogP contribution in [0.4, 0.5) is 23.1 Å². The minimum Gasteiger partial charge on any atom is -0.339 e. The number of fused-ring (bicyclic) bond motifs is 1. The molecule has 116 valence electrons. The van der Waals surface area contributed by atoms with Gasteiger partial charge in [0.25, 0.3) is 0 Å². The molecule has 1 aliphatic heterocycles. The zero-order valence-electron chi connectivity index (χ0n) is 12.7. The molecule has 0 radical (unpaired) electrons. The van der Waals surface area contributed by atoms with Crippen LogP contribution in [0.3, 0.4) is 0 Å². The summed E-state index contributed by atoms with van der Waals surface area (Å²) >= 11 is 0. The van der Waals surface area contributed by atoms with E-state index in [-0.39, 0.29) is 0 Å². The second-order valence-electron chi connectivity index (χ2n) is 5.56. The summed E-state index contributed by atoms with van der Waals surface area (Å²) in [4.78, 5) is 8.73. The van der Waals surface area contributed by atoms with Crippen LogP contribution in [0.15, 0.2) is 36.7 Å². The predicted octanol–water partition coefficient (Wildman–Crippen LogP) is 2.60. The Bertz CT molecular complexity index is 840. The molecule has 0 saturated heterocycles. The van der Waals surface area contributed by atoms with Crippen molar-refractivity contribution in [2.75, 3.05) is 10.6 Å². The zero-order chi connectivity index (χ0) is 15.6. The largest absolute Gasteiger partial charge is 0.339 e. The van der Waals surface area contributed by atoms with Gasteiger partial charge in [-0.2, -0.15) is 5.10 Å². The van der Waals surface area contributed by atoms with Crippen molar-refractivity contribution in [3.8, 4) is 0 Å². The number of nitrogens with zero attached hydrogens (tertiary/aromatic N) is 3. The maximum atomic E-state index is 4.51. The van der Waals surface area contributed by atoms with Crippen LogP contribution in [0.25, 0.3) is 0 Å². The Morgan fingerprint density at radius 1 is 0.957 bits per heavy atom. The van der Waals surface area contributed by atoms with E-state index < -0.39 is 0 Å². The summed E-state index contributed by atoms with van der Waals surface area (Å²) in [5.41, 5.74) is 4.67.